The third kappa shape index (κ3) is 2.32. The van der Waals surface area contributed by atoms with Crippen LogP contribution >= 0.6 is 0 Å². The van der Waals surface area contributed by atoms with Crippen molar-refractivity contribution in [2.75, 3.05) is 6.61 Å². The quantitative estimate of drug-likeness (QED) is 0.824. The molecule has 1 aromatic carbocycles. The summed E-state index contributed by atoms with van der Waals surface area (Å²) >= 11 is 0. The molecule has 0 heterocycles. The molecule has 1 aliphatic rings. The van der Waals surface area contributed by atoms with Crippen molar-refractivity contribution in [1.29, 1.82) is 0 Å². The molecule has 0 spiro atoms. The fourth-order valence-corrected chi connectivity index (χ4v) is 1.92. The van der Waals surface area contributed by atoms with Crippen LogP contribution in [-0.4, -0.2) is 11.7 Å². The second-order valence-electron chi connectivity index (χ2n) is 4.62. The van der Waals surface area contributed by atoms with Gasteiger partial charge in [-0.3, -0.25) is 0 Å². The van der Waals surface area contributed by atoms with Crippen molar-refractivity contribution < 1.29 is 9.84 Å². The predicted molar refractivity (Wildman–Crippen MR) is 60.1 cm³/mol. The Labute approximate surface area is 90.9 Å². The van der Waals surface area contributed by atoms with Gasteiger partial charge < -0.3 is 9.84 Å². The first-order chi connectivity index (χ1) is 7.16. The predicted octanol–water partition coefficient (Wildman–Crippen LogP) is 2.70. The maximum absolute atomic E-state index is 9.65. The maximum Gasteiger partial charge on any atom is 0.119 e. The third-order valence-corrected chi connectivity index (χ3v) is 2.74. The Kier molecular flexibility index (Phi) is 2.96. The highest BCUT2D eigenvalue weighted by Crippen LogP contribution is 2.33. The van der Waals surface area contributed by atoms with Gasteiger partial charge in [0.25, 0.3) is 0 Å². The molecule has 0 aromatic heterocycles. The van der Waals surface area contributed by atoms with Crippen molar-refractivity contribution in [2.45, 2.75) is 32.8 Å². The summed E-state index contributed by atoms with van der Waals surface area (Å²) in [6.45, 7) is 5.02. The van der Waals surface area contributed by atoms with E-state index in [1.165, 1.54) is 5.56 Å². The molecule has 1 N–H and O–H groups in total. The monoisotopic (exact) mass is 206 g/mol. The summed E-state index contributed by atoms with van der Waals surface area (Å²) in [5.41, 5.74) is 2.32. The molecular weight excluding hydrogens is 188 g/mol. The smallest absolute Gasteiger partial charge is 0.119 e. The topological polar surface area (TPSA) is 29.5 Å². The molecule has 0 saturated heterocycles. The van der Waals surface area contributed by atoms with Crippen LogP contribution in [0.1, 0.15) is 37.5 Å². The molecule has 1 atom stereocenters. The fourth-order valence-electron chi connectivity index (χ4n) is 1.92. The van der Waals surface area contributed by atoms with E-state index in [1.807, 2.05) is 12.1 Å². The zero-order valence-electron chi connectivity index (χ0n) is 9.36. The van der Waals surface area contributed by atoms with Gasteiger partial charge in [0.15, 0.2) is 0 Å². The Balaban J connectivity index is 2.09. The molecule has 0 unspecified atom stereocenters. The second-order valence-corrected chi connectivity index (χ2v) is 4.62. The number of aliphatic hydroxyl groups excluding tert-OH is 1. The highest BCUT2D eigenvalue weighted by molar-refractivity contribution is 5.39. The molecule has 2 rings (SSSR count). The summed E-state index contributed by atoms with van der Waals surface area (Å²) in [7, 11) is 0. The standard InChI is InChI=1S/C13H18O2/c1-9(2)8-15-11-4-5-12-10(7-11)3-6-13(12)14/h4-5,7,9,13-14H,3,6,8H2,1-2H3/t13-/m0/s1. The number of benzene rings is 1. The lowest BCUT2D eigenvalue weighted by atomic mass is 10.1. The van der Waals surface area contributed by atoms with Crippen LogP contribution in [0.5, 0.6) is 5.75 Å². The Morgan fingerprint density at radius 2 is 2.27 bits per heavy atom. The van der Waals surface area contributed by atoms with Gasteiger partial charge in [-0.2, -0.15) is 0 Å². The number of hydrogen-bond donors (Lipinski definition) is 1. The number of rotatable bonds is 3. The van der Waals surface area contributed by atoms with Gasteiger partial charge in [0.2, 0.25) is 0 Å². The zero-order chi connectivity index (χ0) is 10.8. The van der Waals surface area contributed by atoms with E-state index in [9.17, 15) is 5.11 Å². The number of aryl methyl sites for hydroxylation is 1. The molecule has 82 valence electrons. The molecule has 0 radical (unpaired) electrons. The molecule has 0 amide bonds. The van der Waals surface area contributed by atoms with Gasteiger partial charge in [-0.15, -0.1) is 0 Å². The Hall–Kier alpha value is -1.02. The lowest BCUT2D eigenvalue weighted by Crippen LogP contribution is -2.04. The fraction of sp³-hybridized carbons (Fsp3) is 0.538. The van der Waals surface area contributed by atoms with E-state index in [1.54, 1.807) is 0 Å². The van der Waals surface area contributed by atoms with E-state index >= 15 is 0 Å². The van der Waals surface area contributed by atoms with E-state index in [0.717, 1.165) is 30.8 Å². The summed E-state index contributed by atoms with van der Waals surface area (Å²) in [5, 5.41) is 9.65. The van der Waals surface area contributed by atoms with Crippen LogP contribution in [0, 0.1) is 5.92 Å². The van der Waals surface area contributed by atoms with Crippen LogP contribution in [-0.2, 0) is 6.42 Å². The van der Waals surface area contributed by atoms with Gasteiger partial charge in [0, 0.05) is 0 Å². The third-order valence-electron chi connectivity index (χ3n) is 2.74. The van der Waals surface area contributed by atoms with Crippen LogP contribution in [0.25, 0.3) is 0 Å². The minimum Gasteiger partial charge on any atom is -0.493 e. The summed E-state index contributed by atoms with van der Waals surface area (Å²) < 4.78 is 5.65. The Bertz CT molecular complexity index is 344. The zero-order valence-corrected chi connectivity index (χ0v) is 9.36. The van der Waals surface area contributed by atoms with Crippen molar-refractivity contribution in [3.05, 3.63) is 29.3 Å². The largest absolute Gasteiger partial charge is 0.493 e. The van der Waals surface area contributed by atoms with Crippen LogP contribution in [0.2, 0.25) is 0 Å². The number of fused-ring (bicyclic) bond motifs is 1. The molecule has 0 aliphatic heterocycles. The van der Waals surface area contributed by atoms with E-state index in [2.05, 4.69) is 19.9 Å². The Morgan fingerprint density at radius 1 is 1.47 bits per heavy atom. The molecule has 0 fully saturated rings. The first-order valence-corrected chi connectivity index (χ1v) is 5.60. The average Bonchev–Trinajstić information content (AvgIpc) is 2.57. The molecule has 0 bridgehead atoms. The van der Waals surface area contributed by atoms with Crippen molar-refractivity contribution in [3.63, 3.8) is 0 Å². The summed E-state index contributed by atoms with van der Waals surface area (Å²) in [4.78, 5) is 0. The van der Waals surface area contributed by atoms with Gasteiger partial charge in [-0.05, 0) is 42.0 Å². The van der Waals surface area contributed by atoms with Crippen molar-refractivity contribution in [2.24, 2.45) is 5.92 Å². The van der Waals surface area contributed by atoms with Crippen LogP contribution in [0.3, 0.4) is 0 Å². The normalized spacial score (nSPS) is 19.3. The molecule has 0 saturated carbocycles. The van der Waals surface area contributed by atoms with E-state index in [0.29, 0.717) is 5.92 Å². The summed E-state index contributed by atoms with van der Waals surface area (Å²) in [6, 6.07) is 6.01. The number of hydrogen-bond acceptors (Lipinski definition) is 2. The average molecular weight is 206 g/mol. The highest BCUT2D eigenvalue weighted by atomic mass is 16.5. The SMILES string of the molecule is CC(C)COc1ccc2c(c1)CC[C@@H]2O. The molecule has 1 aliphatic carbocycles. The van der Waals surface area contributed by atoms with Crippen molar-refractivity contribution in [3.8, 4) is 5.75 Å². The minimum atomic E-state index is -0.265. The van der Waals surface area contributed by atoms with Gasteiger partial charge >= 0.3 is 0 Å². The van der Waals surface area contributed by atoms with E-state index in [4.69, 9.17) is 4.74 Å². The first kappa shape index (κ1) is 10.5. The molecular formula is C13H18O2. The first-order valence-electron chi connectivity index (χ1n) is 5.60. The molecule has 1 aromatic rings. The van der Waals surface area contributed by atoms with Gasteiger partial charge in [-0.25, -0.2) is 0 Å². The molecule has 2 nitrogen and oxygen atoms in total. The van der Waals surface area contributed by atoms with E-state index in [-0.39, 0.29) is 6.10 Å². The van der Waals surface area contributed by atoms with Gasteiger partial charge in [0.05, 0.1) is 12.7 Å². The summed E-state index contributed by atoms with van der Waals surface area (Å²) in [6.07, 6.45) is 1.55. The van der Waals surface area contributed by atoms with Crippen molar-refractivity contribution in [1.82, 2.24) is 0 Å². The molecule has 2 heteroatoms. The van der Waals surface area contributed by atoms with Crippen LogP contribution in [0.4, 0.5) is 0 Å². The maximum atomic E-state index is 9.65. The van der Waals surface area contributed by atoms with Gasteiger partial charge in [-0.1, -0.05) is 19.9 Å². The second kappa shape index (κ2) is 4.23. The lowest BCUT2D eigenvalue weighted by molar-refractivity contribution is 0.180. The van der Waals surface area contributed by atoms with Crippen LogP contribution in [0.15, 0.2) is 18.2 Å². The van der Waals surface area contributed by atoms with Crippen LogP contribution < -0.4 is 4.74 Å². The van der Waals surface area contributed by atoms with Gasteiger partial charge in [0.1, 0.15) is 5.75 Å². The summed E-state index contributed by atoms with van der Waals surface area (Å²) in [5.74, 6) is 1.47. The number of ether oxygens (including phenoxy) is 1. The number of aliphatic hydroxyl groups is 1. The molecule has 15 heavy (non-hydrogen) atoms. The van der Waals surface area contributed by atoms with Crippen molar-refractivity contribution >= 4 is 0 Å². The Morgan fingerprint density at radius 3 is 3.00 bits per heavy atom. The highest BCUT2D eigenvalue weighted by Gasteiger charge is 2.20. The minimum absolute atomic E-state index is 0.265. The van der Waals surface area contributed by atoms with E-state index < -0.39 is 0 Å². The lowest BCUT2D eigenvalue weighted by Gasteiger charge is -2.10.